The molecule has 8 heteroatoms. The van der Waals surface area contributed by atoms with Crippen molar-refractivity contribution in [3.8, 4) is 5.75 Å². The molecule has 0 amide bonds. The molecule has 0 bridgehead atoms. The largest absolute Gasteiger partial charge is 0.486 e. The molecule has 0 saturated heterocycles. The summed E-state index contributed by atoms with van der Waals surface area (Å²) in [7, 11) is 0. The van der Waals surface area contributed by atoms with Crippen LogP contribution in [0.3, 0.4) is 0 Å². The van der Waals surface area contributed by atoms with Crippen molar-refractivity contribution in [2.75, 3.05) is 6.61 Å². The summed E-state index contributed by atoms with van der Waals surface area (Å²) in [5, 5.41) is 11.9. The van der Waals surface area contributed by atoms with Crippen molar-refractivity contribution in [3.05, 3.63) is 112 Å². The molecule has 0 radical (unpaired) electrons. The van der Waals surface area contributed by atoms with Gasteiger partial charge in [-0.25, -0.2) is 0 Å². The first-order valence-electron chi connectivity index (χ1n) is 10.8. The van der Waals surface area contributed by atoms with Crippen LogP contribution in [0.25, 0.3) is 0 Å². The molecule has 1 aliphatic heterocycles. The van der Waals surface area contributed by atoms with E-state index in [1.165, 1.54) is 0 Å². The van der Waals surface area contributed by atoms with Crippen LogP contribution in [0.4, 0.5) is 0 Å². The monoisotopic (exact) mass is 461 g/mol. The molecule has 0 N–H and O–H groups in total. The minimum absolute atomic E-state index is 0.0733. The zero-order chi connectivity index (χ0) is 23.9. The van der Waals surface area contributed by atoms with Gasteiger partial charge in [-0.15, -0.1) is 0 Å². The summed E-state index contributed by atoms with van der Waals surface area (Å²) in [5.74, 6) is -4.01. The van der Waals surface area contributed by atoms with Crippen LogP contribution in [-0.4, -0.2) is 29.5 Å². The Morgan fingerprint density at radius 1 is 0.853 bits per heavy atom. The van der Waals surface area contributed by atoms with Crippen LogP contribution in [0.5, 0.6) is 5.75 Å². The first-order chi connectivity index (χ1) is 16.5. The van der Waals surface area contributed by atoms with Crippen molar-refractivity contribution >= 4 is 11.9 Å². The van der Waals surface area contributed by atoms with E-state index in [0.29, 0.717) is 11.3 Å². The molecule has 0 saturated carbocycles. The van der Waals surface area contributed by atoms with Gasteiger partial charge >= 0.3 is 11.9 Å². The SMILES string of the molecule is O=C(OCc1ccccc1)C(C(=O)OCc1ccccc1)C1c2ccccc2OCC1[N+](=O)[O-]. The molecule has 174 valence electrons. The fourth-order valence-corrected chi connectivity index (χ4v) is 3.99. The lowest BCUT2D eigenvalue weighted by Crippen LogP contribution is -2.46. The number of rotatable bonds is 8. The first kappa shape index (κ1) is 23.0. The van der Waals surface area contributed by atoms with E-state index < -0.39 is 34.7 Å². The molecule has 2 atom stereocenters. The van der Waals surface area contributed by atoms with Crippen LogP contribution in [0.15, 0.2) is 84.9 Å². The molecule has 3 aromatic rings. The molecule has 34 heavy (non-hydrogen) atoms. The van der Waals surface area contributed by atoms with E-state index in [1.54, 1.807) is 72.8 Å². The van der Waals surface area contributed by atoms with Gasteiger partial charge in [0, 0.05) is 10.5 Å². The van der Waals surface area contributed by atoms with Gasteiger partial charge < -0.3 is 14.2 Å². The normalized spacial score (nSPS) is 16.7. The third-order valence-corrected chi connectivity index (χ3v) is 5.69. The molecule has 0 spiro atoms. The minimum Gasteiger partial charge on any atom is -0.486 e. The van der Waals surface area contributed by atoms with E-state index in [9.17, 15) is 19.7 Å². The fourth-order valence-electron chi connectivity index (χ4n) is 3.99. The van der Waals surface area contributed by atoms with Gasteiger partial charge in [-0.1, -0.05) is 78.9 Å². The summed E-state index contributed by atoms with van der Waals surface area (Å²) in [6, 6.07) is 23.3. The predicted molar refractivity (Wildman–Crippen MR) is 121 cm³/mol. The highest BCUT2D eigenvalue weighted by atomic mass is 16.6. The molecule has 0 fully saturated rings. The Morgan fingerprint density at radius 3 is 1.88 bits per heavy atom. The van der Waals surface area contributed by atoms with Gasteiger partial charge in [-0.05, 0) is 17.2 Å². The van der Waals surface area contributed by atoms with Crippen molar-refractivity contribution in [3.63, 3.8) is 0 Å². The minimum atomic E-state index is -1.53. The lowest BCUT2D eigenvalue weighted by atomic mass is 9.79. The second kappa shape index (κ2) is 10.6. The van der Waals surface area contributed by atoms with E-state index in [2.05, 4.69) is 0 Å². The van der Waals surface area contributed by atoms with Gasteiger partial charge in [-0.3, -0.25) is 19.7 Å². The summed E-state index contributed by atoms with van der Waals surface area (Å²) in [6.45, 7) is -0.421. The first-order valence-corrected chi connectivity index (χ1v) is 10.8. The summed E-state index contributed by atoms with van der Waals surface area (Å²) >= 11 is 0. The number of nitrogens with zero attached hydrogens (tertiary/aromatic N) is 1. The molecular weight excluding hydrogens is 438 g/mol. The van der Waals surface area contributed by atoms with Gasteiger partial charge in [-0.2, -0.15) is 0 Å². The van der Waals surface area contributed by atoms with E-state index in [1.807, 2.05) is 12.1 Å². The van der Waals surface area contributed by atoms with Gasteiger partial charge in [0.1, 0.15) is 19.0 Å². The lowest BCUT2D eigenvalue weighted by Gasteiger charge is -2.31. The van der Waals surface area contributed by atoms with Crippen LogP contribution < -0.4 is 4.74 Å². The number of fused-ring (bicyclic) bond motifs is 1. The highest BCUT2D eigenvalue weighted by molar-refractivity contribution is 5.96. The number of carbonyl (C=O) groups excluding carboxylic acids is 2. The lowest BCUT2D eigenvalue weighted by molar-refractivity contribution is -0.531. The highest BCUT2D eigenvalue weighted by Gasteiger charge is 2.51. The average molecular weight is 461 g/mol. The number of para-hydroxylation sites is 1. The Morgan fingerprint density at radius 2 is 1.35 bits per heavy atom. The Balaban J connectivity index is 1.64. The van der Waals surface area contributed by atoms with Gasteiger partial charge in [0.05, 0.1) is 5.92 Å². The smallest absolute Gasteiger partial charge is 0.321 e. The van der Waals surface area contributed by atoms with Crippen molar-refractivity contribution in [1.82, 2.24) is 0 Å². The van der Waals surface area contributed by atoms with Crippen LogP contribution >= 0.6 is 0 Å². The average Bonchev–Trinajstić information content (AvgIpc) is 2.87. The molecule has 2 unspecified atom stereocenters. The number of carbonyl (C=O) groups is 2. The van der Waals surface area contributed by atoms with Gasteiger partial charge in [0.15, 0.2) is 12.5 Å². The quantitative estimate of drug-likeness (QED) is 0.217. The fraction of sp³-hybridized carbons (Fsp3) is 0.231. The van der Waals surface area contributed by atoms with Crippen LogP contribution in [0, 0.1) is 16.0 Å². The van der Waals surface area contributed by atoms with Crippen LogP contribution in [0.2, 0.25) is 0 Å². The third-order valence-electron chi connectivity index (χ3n) is 5.69. The highest BCUT2D eigenvalue weighted by Crippen LogP contribution is 2.40. The van der Waals surface area contributed by atoms with Crippen LogP contribution in [0.1, 0.15) is 22.6 Å². The van der Waals surface area contributed by atoms with Crippen molar-refractivity contribution in [1.29, 1.82) is 0 Å². The number of hydrogen-bond donors (Lipinski definition) is 0. The van der Waals surface area contributed by atoms with Gasteiger partial charge in [0.25, 0.3) is 6.04 Å². The van der Waals surface area contributed by atoms with E-state index >= 15 is 0 Å². The maximum atomic E-state index is 13.3. The zero-order valence-electron chi connectivity index (χ0n) is 18.2. The molecule has 1 aliphatic rings. The number of ether oxygens (including phenoxy) is 3. The summed E-state index contributed by atoms with van der Waals surface area (Å²) < 4.78 is 16.5. The molecule has 3 aromatic carbocycles. The van der Waals surface area contributed by atoms with E-state index in [-0.39, 0.29) is 19.8 Å². The molecule has 0 aliphatic carbocycles. The Labute approximate surface area is 196 Å². The second-order valence-electron chi connectivity index (χ2n) is 7.89. The number of esters is 2. The Hall–Kier alpha value is -4.20. The third kappa shape index (κ3) is 5.23. The Kier molecular flexibility index (Phi) is 7.17. The number of nitro groups is 1. The molecule has 1 heterocycles. The van der Waals surface area contributed by atoms with Crippen molar-refractivity contribution < 1.29 is 28.7 Å². The summed E-state index contributed by atoms with van der Waals surface area (Å²) in [5.41, 5.74) is 1.85. The maximum Gasteiger partial charge on any atom is 0.321 e. The van der Waals surface area contributed by atoms with Crippen molar-refractivity contribution in [2.24, 2.45) is 5.92 Å². The standard InChI is InChI=1S/C26H23NO7/c28-25(33-15-18-9-3-1-4-10-18)24(26(29)34-16-19-11-5-2-6-12-19)23-20-13-7-8-14-22(20)32-17-21(23)27(30)31/h1-14,21,23-24H,15-17H2. The second-order valence-corrected chi connectivity index (χ2v) is 7.89. The number of hydrogen-bond acceptors (Lipinski definition) is 7. The zero-order valence-corrected chi connectivity index (χ0v) is 18.2. The molecular formula is C26H23NO7. The summed E-state index contributed by atoms with van der Waals surface area (Å²) in [4.78, 5) is 37.9. The van der Waals surface area contributed by atoms with Crippen molar-refractivity contribution in [2.45, 2.75) is 25.2 Å². The van der Waals surface area contributed by atoms with E-state index in [4.69, 9.17) is 14.2 Å². The summed E-state index contributed by atoms with van der Waals surface area (Å²) in [6.07, 6.45) is 0. The number of benzene rings is 3. The van der Waals surface area contributed by atoms with E-state index in [0.717, 1.165) is 11.1 Å². The predicted octanol–water partition coefficient (Wildman–Crippen LogP) is 3.91. The maximum absolute atomic E-state index is 13.3. The molecule has 4 rings (SSSR count). The topological polar surface area (TPSA) is 105 Å². The molecule has 0 aromatic heterocycles. The van der Waals surface area contributed by atoms with Gasteiger partial charge in [0.2, 0.25) is 0 Å². The van der Waals surface area contributed by atoms with Crippen LogP contribution in [-0.2, 0) is 32.3 Å². The Bertz CT molecular complexity index is 1090. The molecule has 8 nitrogen and oxygen atoms in total.